The summed E-state index contributed by atoms with van der Waals surface area (Å²) in [6.45, 7) is 1.84. The molecule has 0 spiro atoms. The fourth-order valence-corrected chi connectivity index (χ4v) is 3.44. The quantitative estimate of drug-likeness (QED) is 0.542. The Morgan fingerprint density at radius 2 is 2.00 bits per heavy atom. The Kier molecular flexibility index (Phi) is 4.32. The van der Waals surface area contributed by atoms with Gasteiger partial charge in [-0.1, -0.05) is 0 Å². The van der Waals surface area contributed by atoms with Crippen molar-refractivity contribution in [3.8, 4) is 11.6 Å². The first-order chi connectivity index (χ1) is 14.7. The van der Waals surface area contributed by atoms with E-state index in [1.807, 2.05) is 19.1 Å². The van der Waals surface area contributed by atoms with Gasteiger partial charge in [-0.25, -0.2) is 4.68 Å². The zero-order valence-electron chi connectivity index (χ0n) is 16.0. The summed E-state index contributed by atoms with van der Waals surface area (Å²) < 4.78 is 7.14. The fraction of sp³-hybridized carbons (Fsp3) is 0.0952. The van der Waals surface area contributed by atoms with Gasteiger partial charge in [0, 0.05) is 24.3 Å². The van der Waals surface area contributed by atoms with Gasteiger partial charge in [-0.15, -0.1) is 5.10 Å². The molecule has 2 N–H and O–H groups in total. The van der Waals surface area contributed by atoms with Crippen molar-refractivity contribution in [1.82, 2.24) is 24.7 Å². The first-order valence-corrected chi connectivity index (χ1v) is 9.30. The highest BCUT2D eigenvalue weighted by atomic mass is 16.3. The number of aromatic nitrogens is 5. The van der Waals surface area contributed by atoms with Gasteiger partial charge in [-0.3, -0.25) is 14.8 Å². The molecule has 9 heteroatoms. The molecule has 1 unspecified atom stereocenters. The number of furan rings is 1. The highest BCUT2D eigenvalue weighted by Crippen LogP contribution is 2.36. The molecule has 0 radical (unpaired) electrons. The second-order valence-corrected chi connectivity index (χ2v) is 6.72. The standard InChI is InChI=1S/C21H17N7O2/c1-13-17(20(29)25-15-4-2-8-23-12-15)18(14-6-9-22-10-7-14)28-21(24-13)26-19(27-28)16-5-3-11-30-16/h2-12,18H,1H3,(H,25,29)(H,24,26,27). The van der Waals surface area contributed by atoms with Crippen molar-refractivity contribution in [2.24, 2.45) is 0 Å². The topological polar surface area (TPSA) is 111 Å². The van der Waals surface area contributed by atoms with Crippen LogP contribution in [0.2, 0.25) is 0 Å². The normalized spacial score (nSPS) is 15.4. The molecule has 0 bridgehead atoms. The highest BCUT2D eigenvalue weighted by molar-refractivity contribution is 6.05. The highest BCUT2D eigenvalue weighted by Gasteiger charge is 2.34. The smallest absolute Gasteiger partial charge is 0.255 e. The Morgan fingerprint density at radius 1 is 1.13 bits per heavy atom. The van der Waals surface area contributed by atoms with Crippen LogP contribution in [0, 0.1) is 0 Å². The Hall–Kier alpha value is -4.27. The predicted octanol–water partition coefficient (Wildman–Crippen LogP) is 3.26. The van der Waals surface area contributed by atoms with Crippen molar-refractivity contribution < 1.29 is 9.21 Å². The average Bonchev–Trinajstić information content (AvgIpc) is 3.44. The van der Waals surface area contributed by atoms with Crippen molar-refractivity contribution in [1.29, 1.82) is 0 Å². The van der Waals surface area contributed by atoms with Crippen LogP contribution >= 0.6 is 0 Å². The molecular weight excluding hydrogens is 382 g/mol. The van der Waals surface area contributed by atoms with Crippen molar-refractivity contribution in [2.75, 3.05) is 10.6 Å². The first kappa shape index (κ1) is 17.8. The van der Waals surface area contributed by atoms with Gasteiger partial charge >= 0.3 is 0 Å². The Balaban J connectivity index is 1.60. The van der Waals surface area contributed by atoms with Crippen LogP contribution < -0.4 is 10.6 Å². The van der Waals surface area contributed by atoms with Crippen LogP contribution in [-0.4, -0.2) is 30.6 Å². The second-order valence-electron chi connectivity index (χ2n) is 6.72. The lowest BCUT2D eigenvalue weighted by Gasteiger charge is -2.28. The molecule has 1 aliphatic rings. The zero-order chi connectivity index (χ0) is 20.5. The summed E-state index contributed by atoms with van der Waals surface area (Å²) in [6.07, 6.45) is 8.20. The van der Waals surface area contributed by atoms with Gasteiger partial charge in [0.1, 0.15) is 6.04 Å². The molecule has 5 heterocycles. The van der Waals surface area contributed by atoms with Gasteiger partial charge in [0.2, 0.25) is 11.8 Å². The number of carbonyl (C=O) groups is 1. The predicted molar refractivity (Wildman–Crippen MR) is 109 cm³/mol. The number of nitrogens with one attached hydrogen (secondary N) is 2. The number of amides is 1. The Labute approximate surface area is 171 Å². The number of anilines is 2. The zero-order valence-corrected chi connectivity index (χ0v) is 16.0. The lowest BCUT2D eigenvalue weighted by atomic mass is 9.96. The molecule has 30 heavy (non-hydrogen) atoms. The number of carbonyl (C=O) groups excluding carboxylic acids is 1. The molecule has 0 saturated carbocycles. The van der Waals surface area contributed by atoms with E-state index in [-0.39, 0.29) is 5.91 Å². The molecule has 1 aliphatic heterocycles. The van der Waals surface area contributed by atoms with Crippen molar-refractivity contribution in [2.45, 2.75) is 13.0 Å². The number of allylic oxidation sites excluding steroid dienone is 1. The summed E-state index contributed by atoms with van der Waals surface area (Å²) in [7, 11) is 0. The lowest BCUT2D eigenvalue weighted by Crippen LogP contribution is -2.31. The third kappa shape index (κ3) is 3.12. The summed E-state index contributed by atoms with van der Waals surface area (Å²) in [5.41, 5.74) is 2.67. The van der Waals surface area contributed by atoms with Gasteiger partial charge in [-0.2, -0.15) is 4.98 Å². The summed E-state index contributed by atoms with van der Waals surface area (Å²) in [4.78, 5) is 26.0. The first-order valence-electron chi connectivity index (χ1n) is 9.30. The molecular formula is C21H17N7O2. The van der Waals surface area contributed by atoms with Crippen LogP contribution in [0.25, 0.3) is 11.6 Å². The van der Waals surface area contributed by atoms with E-state index in [1.165, 1.54) is 0 Å². The summed E-state index contributed by atoms with van der Waals surface area (Å²) in [6, 6.07) is 10.4. The molecule has 1 atom stereocenters. The Morgan fingerprint density at radius 3 is 2.73 bits per heavy atom. The van der Waals surface area contributed by atoms with Crippen LogP contribution in [0.1, 0.15) is 18.5 Å². The number of hydrogen-bond donors (Lipinski definition) is 2. The van der Waals surface area contributed by atoms with Crippen LogP contribution in [0.15, 0.2) is 83.1 Å². The van der Waals surface area contributed by atoms with Gasteiger partial charge in [0.25, 0.3) is 5.91 Å². The maximum atomic E-state index is 13.3. The number of fused-ring (bicyclic) bond motifs is 1. The van der Waals surface area contributed by atoms with E-state index in [2.05, 4.69) is 30.7 Å². The van der Waals surface area contributed by atoms with Crippen LogP contribution in [0.4, 0.5) is 11.6 Å². The van der Waals surface area contributed by atoms with E-state index in [4.69, 9.17) is 4.42 Å². The maximum absolute atomic E-state index is 13.3. The van der Waals surface area contributed by atoms with E-state index in [9.17, 15) is 4.79 Å². The number of hydrogen-bond acceptors (Lipinski definition) is 7. The average molecular weight is 399 g/mol. The molecule has 5 rings (SSSR count). The summed E-state index contributed by atoms with van der Waals surface area (Å²) in [5.74, 6) is 1.25. The van der Waals surface area contributed by atoms with Crippen LogP contribution in [0.5, 0.6) is 0 Å². The lowest BCUT2D eigenvalue weighted by molar-refractivity contribution is -0.113. The van der Waals surface area contributed by atoms with E-state index < -0.39 is 6.04 Å². The third-order valence-corrected chi connectivity index (χ3v) is 4.78. The molecule has 0 aromatic carbocycles. The van der Waals surface area contributed by atoms with Crippen molar-refractivity contribution >= 4 is 17.5 Å². The largest absolute Gasteiger partial charge is 0.461 e. The van der Waals surface area contributed by atoms with Crippen molar-refractivity contribution in [3.05, 3.63) is 84.3 Å². The molecule has 9 nitrogen and oxygen atoms in total. The Bertz CT molecular complexity index is 1220. The maximum Gasteiger partial charge on any atom is 0.255 e. The fourth-order valence-electron chi connectivity index (χ4n) is 3.44. The SMILES string of the molecule is CC1=C(C(=O)Nc2cccnc2)C(c2ccncc2)n2nc(-c3ccco3)nc2N1. The second kappa shape index (κ2) is 7.28. The molecule has 148 valence electrons. The molecule has 0 aliphatic carbocycles. The van der Waals surface area contributed by atoms with E-state index in [0.717, 1.165) is 5.56 Å². The molecule has 4 aromatic heterocycles. The van der Waals surface area contributed by atoms with Gasteiger partial charge in [0.15, 0.2) is 5.76 Å². The minimum atomic E-state index is -0.489. The molecule has 0 fully saturated rings. The van der Waals surface area contributed by atoms with E-state index in [0.29, 0.717) is 34.5 Å². The van der Waals surface area contributed by atoms with Gasteiger partial charge in [-0.05, 0) is 48.9 Å². The molecule has 1 amide bonds. The molecule has 4 aromatic rings. The van der Waals surface area contributed by atoms with Crippen LogP contribution in [-0.2, 0) is 4.79 Å². The molecule has 0 saturated heterocycles. The number of nitrogens with zero attached hydrogens (tertiary/aromatic N) is 5. The van der Waals surface area contributed by atoms with Crippen LogP contribution in [0.3, 0.4) is 0 Å². The van der Waals surface area contributed by atoms with Gasteiger partial charge < -0.3 is 15.1 Å². The number of pyridine rings is 2. The number of rotatable bonds is 4. The minimum Gasteiger partial charge on any atom is -0.461 e. The monoisotopic (exact) mass is 399 g/mol. The van der Waals surface area contributed by atoms with Gasteiger partial charge in [0.05, 0.1) is 23.7 Å². The van der Waals surface area contributed by atoms with Crippen molar-refractivity contribution in [3.63, 3.8) is 0 Å². The minimum absolute atomic E-state index is 0.254. The van der Waals surface area contributed by atoms with E-state index >= 15 is 0 Å². The summed E-state index contributed by atoms with van der Waals surface area (Å²) in [5, 5.41) is 10.7. The summed E-state index contributed by atoms with van der Waals surface area (Å²) >= 11 is 0. The van der Waals surface area contributed by atoms with E-state index in [1.54, 1.807) is 60.0 Å². The third-order valence-electron chi connectivity index (χ3n) is 4.78.